The first-order valence-corrected chi connectivity index (χ1v) is 6.17. The molecule has 0 aromatic rings. The fourth-order valence-corrected chi connectivity index (χ4v) is 2.23. The number of alkyl carbamates (subject to hydrolysis) is 1. The van der Waals surface area contributed by atoms with Crippen LogP contribution in [0.15, 0.2) is 0 Å². The van der Waals surface area contributed by atoms with Crippen molar-refractivity contribution in [2.45, 2.75) is 25.8 Å². The van der Waals surface area contributed by atoms with Crippen LogP contribution in [-0.4, -0.2) is 56.2 Å². The number of likely N-dealkylation sites (tertiary alicyclic amines) is 1. The van der Waals surface area contributed by atoms with Gasteiger partial charge in [0.25, 0.3) is 0 Å². The van der Waals surface area contributed by atoms with E-state index < -0.39 is 18.1 Å². The largest absolute Gasteiger partial charge is 0.467 e. The zero-order valence-corrected chi connectivity index (χ0v) is 11.5. The van der Waals surface area contributed by atoms with Crippen molar-refractivity contribution in [2.75, 3.05) is 27.3 Å². The third-order valence-corrected chi connectivity index (χ3v) is 3.37. The molecular weight excluding hydrogens is 252 g/mol. The van der Waals surface area contributed by atoms with Crippen LogP contribution in [0.5, 0.6) is 0 Å². The number of hydrogen-bond donors (Lipinski definition) is 1. The Morgan fingerprint density at radius 3 is 2.16 bits per heavy atom. The van der Waals surface area contributed by atoms with Crippen molar-refractivity contribution in [3.63, 3.8) is 0 Å². The van der Waals surface area contributed by atoms with Gasteiger partial charge in [-0.2, -0.15) is 0 Å². The number of nitrogens with one attached hydrogen (secondary N) is 1. The van der Waals surface area contributed by atoms with E-state index in [4.69, 9.17) is 4.74 Å². The Morgan fingerprint density at radius 1 is 1.16 bits per heavy atom. The van der Waals surface area contributed by atoms with Crippen LogP contribution in [0.1, 0.15) is 19.8 Å². The van der Waals surface area contributed by atoms with E-state index in [2.05, 4.69) is 10.1 Å². The van der Waals surface area contributed by atoms with Gasteiger partial charge < -0.3 is 19.7 Å². The van der Waals surface area contributed by atoms with E-state index in [0.29, 0.717) is 25.9 Å². The number of amides is 2. The lowest BCUT2D eigenvalue weighted by atomic mass is 9.89. The molecule has 7 nitrogen and oxygen atoms in total. The SMILES string of the molecule is COC(=O)NC(C(=O)OC)C1CCN(C(C)=O)CC1. The Kier molecular flexibility index (Phi) is 5.59. The molecule has 1 saturated heterocycles. The second-order valence-corrected chi connectivity index (χ2v) is 4.48. The predicted octanol–water partition coefficient (Wildman–Crippen LogP) is 0.143. The minimum atomic E-state index is -0.730. The molecule has 1 heterocycles. The first-order valence-electron chi connectivity index (χ1n) is 6.17. The van der Waals surface area contributed by atoms with Crippen LogP contribution in [0.25, 0.3) is 0 Å². The first-order chi connectivity index (χ1) is 8.99. The fraction of sp³-hybridized carbons (Fsp3) is 0.750. The topological polar surface area (TPSA) is 84.9 Å². The van der Waals surface area contributed by atoms with Crippen molar-refractivity contribution >= 4 is 18.0 Å². The molecule has 0 aromatic carbocycles. The summed E-state index contributed by atoms with van der Waals surface area (Å²) in [5, 5.41) is 2.49. The van der Waals surface area contributed by atoms with Crippen molar-refractivity contribution in [3.05, 3.63) is 0 Å². The maximum atomic E-state index is 11.7. The van der Waals surface area contributed by atoms with Crippen LogP contribution in [-0.2, 0) is 19.1 Å². The van der Waals surface area contributed by atoms with Gasteiger partial charge in [0, 0.05) is 20.0 Å². The third kappa shape index (κ3) is 4.11. The molecule has 2 amide bonds. The molecule has 0 spiro atoms. The maximum absolute atomic E-state index is 11.7. The standard InChI is InChI=1S/C12H20N2O5/c1-8(15)14-6-4-9(5-7-14)10(11(16)18-2)13-12(17)19-3/h9-10H,4-7H2,1-3H3,(H,13,17). The molecule has 1 N–H and O–H groups in total. The fourth-order valence-electron chi connectivity index (χ4n) is 2.23. The van der Waals surface area contributed by atoms with Gasteiger partial charge in [0.1, 0.15) is 6.04 Å². The molecular formula is C12H20N2O5. The normalized spacial score (nSPS) is 17.5. The molecule has 1 aliphatic rings. The van der Waals surface area contributed by atoms with Crippen LogP contribution >= 0.6 is 0 Å². The van der Waals surface area contributed by atoms with Gasteiger partial charge in [0.2, 0.25) is 5.91 Å². The second kappa shape index (κ2) is 6.96. The molecule has 0 aromatic heterocycles. The second-order valence-electron chi connectivity index (χ2n) is 4.48. The summed E-state index contributed by atoms with van der Waals surface area (Å²) >= 11 is 0. The van der Waals surface area contributed by atoms with E-state index in [0.717, 1.165) is 0 Å². The molecule has 108 valence electrons. The van der Waals surface area contributed by atoms with E-state index in [-0.39, 0.29) is 11.8 Å². The number of carbonyl (C=O) groups excluding carboxylic acids is 3. The molecule has 0 bridgehead atoms. The van der Waals surface area contributed by atoms with E-state index in [1.54, 1.807) is 4.90 Å². The molecule has 1 atom stereocenters. The van der Waals surface area contributed by atoms with E-state index in [1.807, 2.05) is 0 Å². The summed E-state index contributed by atoms with van der Waals surface area (Å²) in [7, 11) is 2.51. The quantitative estimate of drug-likeness (QED) is 0.739. The van der Waals surface area contributed by atoms with Crippen LogP contribution < -0.4 is 5.32 Å². The Morgan fingerprint density at radius 2 is 1.74 bits per heavy atom. The van der Waals surface area contributed by atoms with Crippen molar-refractivity contribution in [3.8, 4) is 0 Å². The van der Waals surface area contributed by atoms with Crippen LogP contribution in [0.4, 0.5) is 4.79 Å². The highest BCUT2D eigenvalue weighted by Crippen LogP contribution is 2.21. The lowest BCUT2D eigenvalue weighted by molar-refractivity contribution is -0.145. The Labute approximate surface area is 112 Å². The molecule has 0 aliphatic carbocycles. The molecule has 1 aliphatic heterocycles. The molecule has 19 heavy (non-hydrogen) atoms. The number of nitrogens with zero attached hydrogens (tertiary/aromatic N) is 1. The average molecular weight is 272 g/mol. The summed E-state index contributed by atoms with van der Waals surface area (Å²) in [4.78, 5) is 35.9. The van der Waals surface area contributed by atoms with Crippen molar-refractivity contribution in [2.24, 2.45) is 5.92 Å². The highest BCUT2D eigenvalue weighted by atomic mass is 16.5. The van der Waals surface area contributed by atoms with Gasteiger partial charge in [-0.05, 0) is 18.8 Å². The van der Waals surface area contributed by atoms with Crippen LogP contribution in [0.2, 0.25) is 0 Å². The number of ether oxygens (including phenoxy) is 2. The lowest BCUT2D eigenvalue weighted by Crippen LogP contribution is -2.50. The summed E-state index contributed by atoms with van der Waals surface area (Å²) < 4.78 is 9.20. The van der Waals surface area contributed by atoms with E-state index in [9.17, 15) is 14.4 Å². The van der Waals surface area contributed by atoms with Gasteiger partial charge >= 0.3 is 12.1 Å². The Balaban J connectivity index is 2.64. The Hall–Kier alpha value is -1.79. The van der Waals surface area contributed by atoms with E-state index >= 15 is 0 Å². The van der Waals surface area contributed by atoms with Gasteiger partial charge in [-0.3, -0.25) is 4.79 Å². The number of carbonyl (C=O) groups is 3. The minimum Gasteiger partial charge on any atom is -0.467 e. The summed E-state index contributed by atoms with van der Waals surface area (Å²) in [6, 6.07) is -0.730. The zero-order chi connectivity index (χ0) is 14.4. The molecule has 0 saturated carbocycles. The van der Waals surface area contributed by atoms with Gasteiger partial charge in [0.05, 0.1) is 14.2 Å². The number of hydrogen-bond acceptors (Lipinski definition) is 5. The highest BCUT2D eigenvalue weighted by Gasteiger charge is 2.34. The van der Waals surface area contributed by atoms with Crippen molar-refractivity contribution < 1.29 is 23.9 Å². The van der Waals surface area contributed by atoms with Gasteiger partial charge in [-0.1, -0.05) is 0 Å². The van der Waals surface area contributed by atoms with E-state index in [1.165, 1.54) is 21.1 Å². The lowest BCUT2D eigenvalue weighted by Gasteiger charge is -2.34. The molecule has 7 heteroatoms. The third-order valence-electron chi connectivity index (χ3n) is 3.37. The molecule has 1 unspecified atom stereocenters. The highest BCUT2D eigenvalue weighted by molar-refractivity contribution is 5.81. The predicted molar refractivity (Wildman–Crippen MR) is 66.3 cm³/mol. The summed E-state index contributed by atoms with van der Waals surface area (Å²) in [6.07, 6.45) is 0.622. The number of esters is 1. The van der Waals surface area contributed by atoms with Gasteiger partial charge in [-0.25, -0.2) is 9.59 Å². The summed E-state index contributed by atoms with van der Waals surface area (Å²) in [5.41, 5.74) is 0. The molecule has 0 radical (unpaired) electrons. The monoisotopic (exact) mass is 272 g/mol. The summed E-state index contributed by atoms with van der Waals surface area (Å²) in [5.74, 6) is -0.525. The summed E-state index contributed by atoms with van der Waals surface area (Å²) in [6.45, 7) is 2.68. The molecule has 1 rings (SSSR count). The number of piperidine rings is 1. The average Bonchev–Trinajstić information content (AvgIpc) is 2.43. The zero-order valence-electron chi connectivity index (χ0n) is 11.5. The minimum absolute atomic E-state index is 0.0222. The van der Waals surface area contributed by atoms with Crippen LogP contribution in [0, 0.1) is 5.92 Å². The van der Waals surface area contributed by atoms with Gasteiger partial charge in [-0.15, -0.1) is 0 Å². The van der Waals surface area contributed by atoms with Gasteiger partial charge in [0.15, 0.2) is 0 Å². The van der Waals surface area contributed by atoms with Crippen LogP contribution in [0.3, 0.4) is 0 Å². The van der Waals surface area contributed by atoms with Crippen molar-refractivity contribution in [1.29, 1.82) is 0 Å². The first kappa shape index (κ1) is 15.3. The van der Waals surface area contributed by atoms with Crippen molar-refractivity contribution in [1.82, 2.24) is 10.2 Å². The smallest absolute Gasteiger partial charge is 0.407 e. The Bertz CT molecular complexity index is 350. The maximum Gasteiger partial charge on any atom is 0.407 e. The number of methoxy groups -OCH3 is 2. The number of rotatable bonds is 3. The molecule has 1 fully saturated rings.